The maximum absolute atomic E-state index is 4.63. The highest BCUT2D eigenvalue weighted by atomic mass is 79.9. The van der Waals surface area contributed by atoms with Crippen LogP contribution < -0.4 is 0 Å². The molecule has 3 heteroatoms. The van der Waals surface area contributed by atoms with Gasteiger partial charge in [-0.25, -0.2) is 4.98 Å². The number of hydrogen-bond acceptors (Lipinski definition) is 1. The number of fused-ring (bicyclic) bond motifs is 1. The molecule has 2 nitrogen and oxygen atoms in total. The van der Waals surface area contributed by atoms with Crippen LogP contribution in [0.1, 0.15) is 25.5 Å². The van der Waals surface area contributed by atoms with E-state index in [2.05, 4.69) is 44.6 Å². The number of aromatic nitrogens is 2. The molecule has 0 unspecified atom stereocenters. The van der Waals surface area contributed by atoms with Crippen molar-refractivity contribution in [1.82, 2.24) is 9.38 Å². The van der Waals surface area contributed by atoms with Gasteiger partial charge in [0, 0.05) is 22.3 Å². The standard InChI is InChI=1S/C11H11BrN2/c1-11(4-5-11)9-7-14-6-8(12)2-3-10(14)13-9/h2-3,6-7H,4-5H2,1H3. The summed E-state index contributed by atoms with van der Waals surface area (Å²) in [5, 5.41) is 0. The molecular weight excluding hydrogens is 240 g/mol. The summed E-state index contributed by atoms with van der Waals surface area (Å²) >= 11 is 3.46. The van der Waals surface area contributed by atoms with Crippen molar-refractivity contribution in [2.45, 2.75) is 25.2 Å². The van der Waals surface area contributed by atoms with Gasteiger partial charge in [0.25, 0.3) is 0 Å². The molecule has 1 saturated carbocycles. The van der Waals surface area contributed by atoms with Gasteiger partial charge in [-0.3, -0.25) is 0 Å². The van der Waals surface area contributed by atoms with Crippen LogP contribution in [0.5, 0.6) is 0 Å². The van der Waals surface area contributed by atoms with Gasteiger partial charge < -0.3 is 4.40 Å². The molecule has 0 atom stereocenters. The van der Waals surface area contributed by atoms with Crippen LogP contribution in [0.3, 0.4) is 0 Å². The van der Waals surface area contributed by atoms with E-state index >= 15 is 0 Å². The van der Waals surface area contributed by atoms with Gasteiger partial charge in [0.1, 0.15) is 5.65 Å². The molecule has 0 bridgehead atoms. The van der Waals surface area contributed by atoms with E-state index in [1.165, 1.54) is 18.5 Å². The molecule has 2 aromatic heterocycles. The van der Waals surface area contributed by atoms with E-state index in [1.54, 1.807) is 0 Å². The molecule has 0 N–H and O–H groups in total. The molecule has 0 amide bonds. The zero-order valence-electron chi connectivity index (χ0n) is 8.00. The lowest BCUT2D eigenvalue weighted by atomic mass is 10.1. The maximum Gasteiger partial charge on any atom is 0.137 e. The third kappa shape index (κ3) is 1.19. The molecule has 2 aromatic rings. The average Bonchev–Trinajstić information content (AvgIpc) is 2.77. The van der Waals surface area contributed by atoms with Crippen LogP contribution in [0, 0.1) is 0 Å². The first-order chi connectivity index (χ1) is 6.67. The normalized spacial score (nSPS) is 18.7. The lowest BCUT2D eigenvalue weighted by Gasteiger charge is -1.99. The molecule has 0 saturated heterocycles. The average molecular weight is 251 g/mol. The summed E-state index contributed by atoms with van der Waals surface area (Å²) in [4.78, 5) is 4.63. The quantitative estimate of drug-likeness (QED) is 0.761. The molecule has 72 valence electrons. The van der Waals surface area contributed by atoms with Gasteiger partial charge >= 0.3 is 0 Å². The van der Waals surface area contributed by atoms with Crippen molar-refractivity contribution in [2.75, 3.05) is 0 Å². The number of pyridine rings is 1. The predicted octanol–water partition coefficient (Wildman–Crippen LogP) is 3.15. The Hall–Kier alpha value is -0.830. The smallest absolute Gasteiger partial charge is 0.137 e. The second kappa shape index (κ2) is 2.60. The highest BCUT2D eigenvalue weighted by Crippen LogP contribution is 2.46. The first-order valence-corrected chi connectivity index (χ1v) is 5.61. The van der Waals surface area contributed by atoms with Gasteiger partial charge in [-0.2, -0.15) is 0 Å². The first kappa shape index (κ1) is 8.48. The van der Waals surface area contributed by atoms with E-state index in [4.69, 9.17) is 0 Å². The van der Waals surface area contributed by atoms with Crippen molar-refractivity contribution in [3.63, 3.8) is 0 Å². The molecule has 1 aliphatic rings. The predicted molar refractivity (Wildman–Crippen MR) is 59.5 cm³/mol. The Morgan fingerprint density at radius 2 is 2.14 bits per heavy atom. The number of rotatable bonds is 1. The fraction of sp³-hybridized carbons (Fsp3) is 0.364. The van der Waals surface area contributed by atoms with Crippen molar-refractivity contribution < 1.29 is 0 Å². The Morgan fingerprint density at radius 3 is 2.86 bits per heavy atom. The molecule has 0 radical (unpaired) electrons. The van der Waals surface area contributed by atoms with Crippen molar-refractivity contribution in [3.05, 3.63) is 34.7 Å². The maximum atomic E-state index is 4.63. The van der Waals surface area contributed by atoms with Crippen molar-refractivity contribution in [3.8, 4) is 0 Å². The molecule has 1 fully saturated rings. The summed E-state index contributed by atoms with van der Waals surface area (Å²) in [6.07, 6.45) is 6.75. The van der Waals surface area contributed by atoms with Gasteiger partial charge in [0.05, 0.1) is 5.69 Å². The molecule has 1 aliphatic carbocycles. The Kier molecular flexibility index (Phi) is 1.57. The fourth-order valence-electron chi connectivity index (χ4n) is 1.70. The van der Waals surface area contributed by atoms with Crippen LogP contribution in [-0.2, 0) is 5.41 Å². The van der Waals surface area contributed by atoms with Crippen LogP contribution in [0.2, 0.25) is 0 Å². The zero-order chi connectivity index (χ0) is 9.76. The SMILES string of the molecule is CC1(c2cn3cc(Br)ccc3n2)CC1. The fourth-order valence-corrected chi connectivity index (χ4v) is 2.05. The van der Waals surface area contributed by atoms with Gasteiger partial charge in [0.2, 0.25) is 0 Å². The minimum atomic E-state index is 0.360. The number of imidazole rings is 1. The molecule has 0 spiro atoms. The van der Waals surface area contributed by atoms with E-state index in [1.807, 2.05) is 12.1 Å². The van der Waals surface area contributed by atoms with Crippen LogP contribution in [0.25, 0.3) is 5.65 Å². The van der Waals surface area contributed by atoms with Crippen molar-refractivity contribution in [1.29, 1.82) is 0 Å². The van der Waals surface area contributed by atoms with E-state index in [0.717, 1.165) is 10.1 Å². The van der Waals surface area contributed by atoms with E-state index < -0.39 is 0 Å². The van der Waals surface area contributed by atoms with Gasteiger partial charge in [0.15, 0.2) is 0 Å². The molecule has 14 heavy (non-hydrogen) atoms. The third-order valence-corrected chi connectivity index (χ3v) is 3.50. The third-order valence-electron chi connectivity index (χ3n) is 3.03. The highest BCUT2D eigenvalue weighted by molar-refractivity contribution is 9.10. The van der Waals surface area contributed by atoms with E-state index in [-0.39, 0.29) is 0 Å². The highest BCUT2D eigenvalue weighted by Gasteiger charge is 2.41. The Labute approximate surface area is 91.1 Å². The molecule has 0 aliphatic heterocycles. The van der Waals surface area contributed by atoms with Crippen molar-refractivity contribution >= 4 is 21.6 Å². The van der Waals surface area contributed by atoms with E-state index in [9.17, 15) is 0 Å². The van der Waals surface area contributed by atoms with Crippen molar-refractivity contribution in [2.24, 2.45) is 0 Å². The number of hydrogen-bond donors (Lipinski definition) is 0. The van der Waals surface area contributed by atoms with Crippen LogP contribution >= 0.6 is 15.9 Å². The molecule has 0 aromatic carbocycles. The second-order valence-corrected chi connectivity index (χ2v) is 5.22. The largest absolute Gasteiger partial charge is 0.306 e. The lowest BCUT2D eigenvalue weighted by molar-refractivity contribution is 0.759. The van der Waals surface area contributed by atoms with Gasteiger partial charge in [-0.05, 0) is 40.9 Å². The lowest BCUT2D eigenvalue weighted by Crippen LogP contribution is -1.98. The first-order valence-electron chi connectivity index (χ1n) is 4.82. The minimum absolute atomic E-state index is 0.360. The number of halogens is 1. The molecule has 2 heterocycles. The Balaban J connectivity index is 2.20. The topological polar surface area (TPSA) is 17.3 Å². The Bertz CT molecular complexity index is 497. The number of nitrogens with zero attached hydrogens (tertiary/aromatic N) is 2. The summed E-state index contributed by atoms with van der Waals surface area (Å²) in [6.45, 7) is 2.28. The van der Waals surface area contributed by atoms with Gasteiger partial charge in [-0.1, -0.05) is 6.92 Å². The summed E-state index contributed by atoms with van der Waals surface area (Å²) < 4.78 is 3.18. The van der Waals surface area contributed by atoms with Crippen LogP contribution in [0.4, 0.5) is 0 Å². The summed E-state index contributed by atoms with van der Waals surface area (Å²) in [5.74, 6) is 0. The summed E-state index contributed by atoms with van der Waals surface area (Å²) in [6, 6.07) is 4.07. The summed E-state index contributed by atoms with van der Waals surface area (Å²) in [5.41, 5.74) is 2.63. The van der Waals surface area contributed by atoms with E-state index in [0.29, 0.717) is 5.41 Å². The van der Waals surface area contributed by atoms with Crippen LogP contribution in [0.15, 0.2) is 29.0 Å². The minimum Gasteiger partial charge on any atom is -0.306 e. The zero-order valence-corrected chi connectivity index (χ0v) is 9.58. The molecular formula is C11H11BrN2. The second-order valence-electron chi connectivity index (χ2n) is 4.30. The Morgan fingerprint density at radius 1 is 1.36 bits per heavy atom. The van der Waals surface area contributed by atoms with Gasteiger partial charge in [-0.15, -0.1) is 0 Å². The van der Waals surface area contributed by atoms with Crippen LogP contribution in [-0.4, -0.2) is 9.38 Å². The molecule has 3 rings (SSSR count). The monoisotopic (exact) mass is 250 g/mol. The summed E-state index contributed by atoms with van der Waals surface area (Å²) in [7, 11) is 0.